The van der Waals surface area contributed by atoms with Crippen molar-refractivity contribution in [1.82, 2.24) is 0 Å². The molecule has 1 heteroatoms. The summed E-state index contributed by atoms with van der Waals surface area (Å²) in [7, 11) is 0. The average molecular weight is 439 g/mol. The van der Waals surface area contributed by atoms with Crippen molar-refractivity contribution in [3.63, 3.8) is 0 Å². The Kier molecular flexibility index (Phi) is 5.95. The normalized spacial score (nSPS) is 46.0. The molecule has 0 N–H and O–H groups in total. The standard InChI is InChI=1S/C31H50O/c1-20(2)21(3)10-11-22(4)23-14-18-31(9)25-12-13-26-28(5,6)27(32)16-17-29(26,7)24(25)15-19-30(23,31)8/h21,23-26H,1,4,10-19H2,2-3,5-9H3/t21-,23-,24+,25-,26+,29-,30-,31+/m1/s1. The number of rotatable bonds is 5. The molecule has 0 aromatic heterocycles. The van der Waals surface area contributed by atoms with Gasteiger partial charge < -0.3 is 0 Å². The summed E-state index contributed by atoms with van der Waals surface area (Å²) >= 11 is 0. The second-order valence-corrected chi connectivity index (χ2v) is 13.9. The Balaban J connectivity index is 1.57. The maximum absolute atomic E-state index is 12.8. The molecule has 4 saturated carbocycles. The molecule has 0 saturated heterocycles. The van der Waals surface area contributed by atoms with Gasteiger partial charge in [-0.3, -0.25) is 4.79 Å². The monoisotopic (exact) mass is 438 g/mol. The fourth-order valence-corrected chi connectivity index (χ4v) is 9.78. The zero-order chi connectivity index (χ0) is 23.7. The van der Waals surface area contributed by atoms with Crippen molar-refractivity contribution in [2.24, 2.45) is 51.2 Å². The maximum atomic E-state index is 12.8. The molecule has 0 unspecified atom stereocenters. The highest BCUT2D eigenvalue weighted by Crippen LogP contribution is 2.74. The van der Waals surface area contributed by atoms with Gasteiger partial charge in [0.2, 0.25) is 0 Å². The minimum absolute atomic E-state index is 0.133. The van der Waals surface area contributed by atoms with Crippen LogP contribution in [-0.4, -0.2) is 5.78 Å². The molecule has 180 valence electrons. The first kappa shape index (κ1) is 24.3. The molecule has 4 rings (SSSR count). The van der Waals surface area contributed by atoms with Crippen LogP contribution in [0.5, 0.6) is 0 Å². The van der Waals surface area contributed by atoms with Gasteiger partial charge in [-0.15, -0.1) is 0 Å². The number of hydrogen-bond donors (Lipinski definition) is 0. The molecule has 4 fully saturated rings. The van der Waals surface area contributed by atoms with E-state index in [1.165, 1.54) is 56.1 Å². The third-order valence-electron chi connectivity index (χ3n) is 12.4. The number of hydrogen-bond acceptors (Lipinski definition) is 1. The highest BCUT2D eigenvalue weighted by molar-refractivity contribution is 5.85. The van der Waals surface area contributed by atoms with Crippen LogP contribution < -0.4 is 0 Å². The van der Waals surface area contributed by atoms with Gasteiger partial charge >= 0.3 is 0 Å². The maximum Gasteiger partial charge on any atom is 0.138 e. The van der Waals surface area contributed by atoms with Crippen molar-refractivity contribution < 1.29 is 4.79 Å². The lowest BCUT2D eigenvalue weighted by molar-refractivity contribution is -0.180. The quantitative estimate of drug-likeness (QED) is 0.392. The lowest BCUT2D eigenvalue weighted by Gasteiger charge is -2.66. The molecule has 4 aliphatic rings. The molecule has 0 radical (unpaired) electrons. The van der Waals surface area contributed by atoms with Crippen LogP contribution in [0.15, 0.2) is 24.3 Å². The topological polar surface area (TPSA) is 17.1 Å². The molecule has 0 aromatic carbocycles. The van der Waals surface area contributed by atoms with Crippen LogP contribution in [0, 0.1) is 51.2 Å². The van der Waals surface area contributed by atoms with Gasteiger partial charge in [0.1, 0.15) is 5.78 Å². The Bertz CT molecular complexity index is 803. The van der Waals surface area contributed by atoms with Crippen LogP contribution in [0.2, 0.25) is 0 Å². The molecule has 8 atom stereocenters. The fraction of sp³-hybridized carbons (Fsp3) is 0.839. The lowest BCUT2D eigenvalue weighted by Crippen LogP contribution is -2.60. The second-order valence-electron chi connectivity index (χ2n) is 13.9. The minimum Gasteiger partial charge on any atom is -0.299 e. The van der Waals surface area contributed by atoms with Gasteiger partial charge in [0.25, 0.3) is 0 Å². The molecule has 4 aliphatic carbocycles. The van der Waals surface area contributed by atoms with E-state index in [9.17, 15) is 4.79 Å². The number of ketones is 1. The van der Waals surface area contributed by atoms with Gasteiger partial charge in [-0.25, -0.2) is 0 Å². The molecule has 0 spiro atoms. The smallest absolute Gasteiger partial charge is 0.138 e. The summed E-state index contributed by atoms with van der Waals surface area (Å²) < 4.78 is 0. The van der Waals surface area contributed by atoms with Crippen LogP contribution in [-0.2, 0) is 4.79 Å². The summed E-state index contributed by atoms with van der Waals surface area (Å²) in [5.74, 6) is 3.98. The predicted octanol–water partition coefficient (Wildman–Crippen LogP) is 8.79. The van der Waals surface area contributed by atoms with Crippen LogP contribution in [0.4, 0.5) is 0 Å². The predicted molar refractivity (Wildman–Crippen MR) is 136 cm³/mol. The van der Waals surface area contributed by atoms with Crippen molar-refractivity contribution in [1.29, 1.82) is 0 Å². The van der Waals surface area contributed by atoms with Gasteiger partial charge in [0.05, 0.1) is 0 Å². The zero-order valence-corrected chi connectivity index (χ0v) is 22.3. The Morgan fingerprint density at radius 2 is 1.59 bits per heavy atom. The molecule has 0 heterocycles. The first-order chi connectivity index (χ1) is 14.8. The van der Waals surface area contributed by atoms with Crippen molar-refractivity contribution in [3.05, 3.63) is 24.3 Å². The fourth-order valence-electron chi connectivity index (χ4n) is 9.78. The highest BCUT2D eigenvalue weighted by atomic mass is 16.1. The number of allylic oxidation sites excluding steroid dienone is 2. The summed E-state index contributed by atoms with van der Waals surface area (Å²) in [6.45, 7) is 25.7. The number of carbonyl (C=O) groups is 1. The van der Waals surface area contributed by atoms with E-state index < -0.39 is 0 Å². The van der Waals surface area contributed by atoms with Crippen LogP contribution >= 0.6 is 0 Å². The molecule has 1 nitrogen and oxygen atoms in total. The van der Waals surface area contributed by atoms with Crippen LogP contribution in [0.25, 0.3) is 0 Å². The van der Waals surface area contributed by atoms with Crippen LogP contribution in [0.1, 0.15) is 113 Å². The van der Waals surface area contributed by atoms with Crippen molar-refractivity contribution in [2.75, 3.05) is 0 Å². The average Bonchev–Trinajstić information content (AvgIpc) is 3.00. The van der Waals surface area contributed by atoms with Gasteiger partial charge in [-0.1, -0.05) is 65.8 Å². The number of Topliss-reactive ketones (excluding diaryl/α,β-unsaturated/α-hetero) is 1. The van der Waals surface area contributed by atoms with Crippen molar-refractivity contribution in [2.45, 2.75) is 113 Å². The van der Waals surface area contributed by atoms with E-state index in [1.807, 2.05) is 0 Å². The molecule has 0 amide bonds. The Hall–Kier alpha value is -0.850. The summed E-state index contributed by atoms with van der Waals surface area (Å²) in [4.78, 5) is 12.8. The van der Waals surface area contributed by atoms with E-state index in [4.69, 9.17) is 0 Å². The highest BCUT2D eigenvalue weighted by Gasteiger charge is 2.67. The third-order valence-corrected chi connectivity index (χ3v) is 12.4. The van der Waals surface area contributed by atoms with E-state index in [2.05, 4.69) is 61.6 Å². The third kappa shape index (κ3) is 3.26. The van der Waals surface area contributed by atoms with Gasteiger partial charge in [0, 0.05) is 11.8 Å². The summed E-state index contributed by atoms with van der Waals surface area (Å²) in [5.41, 5.74) is 3.85. The minimum atomic E-state index is -0.133. The first-order valence-corrected chi connectivity index (χ1v) is 13.7. The number of fused-ring (bicyclic) bond motifs is 5. The van der Waals surface area contributed by atoms with Gasteiger partial charge in [-0.05, 0) is 111 Å². The molecule has 32 heavy (non-hydrogen) atoms. The number of carbonyl (C=O) groups excluding carboxylic acids is 1. The van der Waals surface area contributed by atoms with Crippen molar-refractivity contribution in [3.8, 4) is 0 Å². The van der Waals surface area contributed by atoms with Crippen molar-refractivity contribution >= 4 is 5.78 Å². The van der Waals surface area contributed by atoms with Gasteiger partial charge in [0.15, 0.2) is 0 Å². The summed E-state index contributed by atoms with van der Waals surface area (Å²) in [6, 6.07) is 0. The Labute approximate surface area is 198 Å². The molecular formula is C31H50O. The lowest BCUT2D eigenvalue weighted by atomic mass is 9.38. The molecular weight excluding hydrogens is 388 g/mol. The van der Waals surface area contributed by atoms with E-state index in [0.717, 1.165) is 31.1 Å². The second kappa shape index (κ2) is 7.84. The SMILES string of the molecule is C=C(C)[C@H](C)CCC(=C)[C@H]1CC[C@@]2(C)[C@@H]3CC[C@H]4C(C)(C)C(=O)CC[C@]4(C)[C@H]3CC[C@]12C. The molecule has 0 aromatic rings. The van der Waals surface area contributed by atoms with E-state index in [1.54, 1.807) is 0 Å². The molecule has 0 bridgehead atoms. The van der Waals surface area contributed by atoms with Gasteiger partial charge in [-0.2, -0.15) is 0 Å². The largest absolute Gasteiger partial charge is 0.299 e. The van der Waals surface area contributed by atoms with E-state index in [0.29, 0.717) is 39.8 Å². The zero-order valence-electron chi connectivity index (χ0n) is 22.3. The van der Waals surface area contributed by atoms with Crippen LogP contribution in [0.3, 0.4) is 0 Å². The van der Waals surface area contributed by atoms with E-state index in [-0.39, 0.29) is 5.41 Å². The Morgan fingerprint density at radius 1 is 0.938 bits per heavy atom. The first-order valence-electron chi connectivity index (χ1n) is 13.7. The molecule has 0 aliphatic heterocycles. The summed E-state index contributed by atoms with van der Waals surface area (Å²) in [5, 5.41) is 0. The summed E-state index contributed by atoms with van der Waals surface area (Å²) in [6.07, 6.45) is 12.3. The Morgan fingerprint density at radius 3 is 2.25 bits per heavy atom. The van der Waals surface area contributed by atoms with E-state index >= 15 is 0 Å².